The van der Waals surface area contributed by atoms with Gasteiger partial charge in [0.25, 0.3) is 5.91 Å². The van der Waals surface area contributed by atoms with Crippen molar-refractivity contribution < 1.29 is 14.1 Å². The smallest absolute Gasteiger partial charge is 0.254 e. The van der Waals surface area contributed by atoms with E-state index >= 15 is 0 Å². The summed E-state index contributed by atoms with van der Waals surface area (Å²) in [4.78, 5) is 24.7. The van der Waals surface area contributed by atoms with Crippen molar-refractivity contribution in [2.24, 2.45) is 5.73 Å². The minimum absolute atomic E-state index is 0.0926. The first-order valence-corrected chi connectivity index (χ1v) is 11.9. The minimum atomic E-state index is -0.632. The summed E-state index contributed by atoms with van der Waals surface area (Å²) in [5.74, 6) is -0.459. The fourth-order valence-corrected chi connectivity index (χ4v) is 4.49. The number of nitrogen functional groups attached to an aromatic ring is 1. The van der Waals surface area contributed by atoms with E-state index in [4.69, 9.17) is 39.2 Å². The Balaban J connectivity index is 1.29. The van der Waals surface area contributed by atoms with Crippen LogP contribution in [0.5, 0.6) is 0 Å². The van der Waals surface area contributed by atoms with Crippen molar-refractivity contribution in [1.82, 2.24) is 14.9 Å². The molecule has 0 atom stereocenters. The Labute approximate surface area is 216 Å². The fraction of sp³-hybridized carbons (Fsp3) is 0.200. The molecule has 184 valence electrons. The molecule has 1 fully saturated rings. The largest absolute Gasteiger partial charge is 0.383 e. The Hall–Kier alpha value is -3.82. The SMILES string of the molecule is CC1(n2nc(-c3ccc(CC(=O)Nc4cc(-c5ccc(Cl)cc5Cl)no4)cc3)c(C(N)=O)c2N)CC1. The summed E-state index contributed by atoms with van der Waals surface area (Å²) in [6, 6.07) is 13.7. The molecule has 0 radical (unpaired) electrons. The van der Waals surface area contributed by atoms with Gasteiger partial charge in [0, 0.05) is 22.2 Å². The van der Waals surface area contributed by atoms with Gasteiger partial charge in [-0.2, -0.15) is 5.10 Å². The second-order valence-corrected chi connectivity index (χ2v) is 9.85. The molecule has 0 spiro atoms. The third-order valence-corrected chi connectivity index (χ3v) is 6.77. The van der Waals surface area contributed by atoms with E-state index in [0.717, 1.165) is 18.4 Å². The summed E-state index contributed by atoms with van der Waals surface area (Å²) in [6.07, 6.45) is 1.96. The van der Waals surface area contributed by atoms with Gasteiger partial charge in [0.2, 0.25) is 11.8 Å². The van der Waals surface area contributed by atoms with Gasteiger partial charge >= 0.3 is 0 Å². The van der Waals surface area contributed by atoms with E-state index < -0.39 is 5.91 Å². The van der Waals surface area contributed by atoms with Crippen molar-refractivity contribution in [2.45, 2.75) is 31.7 Å². The summed E-state index contributed by atoms with van der Waals surface area (Å²) >= 11 is 12.1. The van der Waals surface area contributed by atoms with Crippen molar-refractivity contribution in [2.75, 3.05) is 11.1 Å². The highest BCUT2D eigenvalue weighted by molar-refractivity contribution is 6.36. The summed E-state index contributed by atoms with van der Waals surface area (Å²) in [5.41, 5.74) is 14.8. The lowest BCUT2D eigenvalue weighted by Crippen LogP contribution is -2.19. The zero-order valence-electron chi connectivity index (χ0n) is 19.2. The summed E-state index contributed by atoms with van der Waals surface area (Å²) < 4.78 is 6.92. The van der Waals surface area contributed by atoms with E-state index in [9.17, 15) is 9.59 Å². The summed E-state index contributed by atoms with van der Waals surface area (Å²) in [5, 5.41) is 12.2. The van der Waals surface area contributed by atoms with Crippen LogP contribution in [0.25, 0.3) is 22.5 Å². The van der Waals surface area contributed by atoms with Gasteiger partial charge in [0.05, 0.1) is 17.0 Å². The number of anilines is 2. The predicted molar refractivity (Wildman–Crippen MR) is 138 cm³/mol. The highest BCUT2D eigenvalue weighted by atomic mass is 35.5. The Morgan fingerprint density at radius 1 is 1.14 bits per heavy atom. The van der Waals surface area contributed by atoms with Crippen LogP contribution in [0.4, 0.5) is 11.7 Å². The first-order chi connectivity index (χ1) is 17.1. The van der Waals surface area contributed by atoms with Crippen molar-refractivity contribution in [3.05, 3.63) is 69.7 Å². The molecule has 11 heteroatoms. The number of nitrogens with zero attached hydrogens (tertiary/aromatic N) is 3. The van der Waals surface area contributed by atoms with Crippen LogP contribution >= 0.6 is 23.2 Å². The molecule has 5 N–H and O–H groups in total. The third kappa shape index (κ3) is 4.55. The minimum Gasteiger partial charge on any atom is -0.383 e. The number of primary amides is 1. The lowest BCUT2D eigenvalue weighted by molar-refractivity contribution is -0.115. The number of rotatable bonds is 7. The lowest BCUT2D eigenvalue weighted by Gasteiger charge is -2.10. The number of carbonyl (C=O) groups is 2. The van der Waals surface area contributed by atoms with Gasteiger partial charge < -0.3 is 16.0 Å². The monoisotopic (exact) mass is 524 g/mol. The summed E-state index contributed by atoms with van der Waals surface area (Å²) in [7, 11) is 0. The Morgan fingerprint density at radius 3 is 2.50 bits per heavy atom. The molecular weight excluding hydrogens is 503 g/mol. The Bertz CT molecular complexity index is 1490. The molecule has 4 aromatic rings. The van der Waals surface area contributed by atoms with Crippen LogP contribution in [-0.4, -0.2) is 26.8 Å². The van der Waals surface area contributed by atoms with Gasteiger partial charge in [-0.1, -0.05) is 52.6 Å². The van der Waals surface area contributed by atoms with E-state index in [0.29, 0.717) is 32.6 Å². The normalized spacial score (nSPS) is 14.0. The molecule has 0 unspecified atom stereocenters. The average molecular weight is 525 g/mol. The predicted octanol–water partition coefficient (Wildman–Crippen LogP) is 4.88. The van der Waals surface area contributed by atoms with Gasteiger partial charge in [0.1, 0.15) is 22.8 Å². The van der Waals surface area contributed by atoms with Gasteiger partial charge in [-0.05, 0) is 43.5 Å². The van der Waals surface area contributed by atoms with Gasteiger partial charge in [-0.3, -0.25) is 14.9 Å². The standard InChI is InChI=1S/C25H22Cl2N6O3/c1-25(8-9-25)33-23(28)21(24(29)35)22(31-33)14-4-2-13(3-5-14)10-19(34)30-20-12-18(32-36-20)16-7-6-15(26)11-17(16)27/h2-7,11-12H,8-10,28H2,1H3,(H2,29,35)(H,30,34). The van der Waals surface area contributed by atoms with E-state index in [2.05, 4.69) is 15.6 Å². The second kappa shape index (κ2) is 9.00. The maximum atomic E-state index is 12.6. The molecule has 2 aromatic heterocycles. The van der Waals surface area contributed by atoms with E-state index in [1.54, 1.807) is 53.2 Å². The quantitative estimate of drug-likeness (QED) is 0.314. The highest BCUT2D eigenvalue weighted by Gasteiger charge is 2.43. The molecule has 1 saturated carbocycles. The van der Waals surface area contributed by atoms with Crippen LogP contribution in [0.1, 0.15) is 35.7 Å². The molecule has 1 aliphatic carbocycles. The zero-order valence-corrected chi connectivity index (χ0v) is 20.7. The van der Waals surface area contributed by atoms with E-state index in [-0.39, 0.29) is 35.1 Å². The van der Waals surface area contributed by atoms with Crippen LogP contribution in [0.2, 0.25) is 10.0 Å². The number of nitrogens with two attached hydrogens (primary N) is 2. The molecule has 5 rings (SSSR count). The molecule has 0 aliphatic heterocycles. The number of hydrogen-bond donors (Lipinski definition) is 3. The van der Waals surface area contributed by atoms with Crippen LogP contribution in [0.15, 0.2) is 53.1 Å². The van der Waals surface area contributed by atoms with E-state index in [1.807, 2.05) is 6.92 Å². The molecule has 2 aromatic carbocycles. The van der Waals surface area contributed by atoms with Crippen molar-refractivity contribution in [3.63, 3.8) is 0 Å². The lowest BCUT2D eigenvalue weighted by atomic mass is 10.0. The molecule has 1 aliphatic rings. The number of aromatic nitrogens is 3. The highest BCUT2D eigenvalue weighted by Crippen LogP contribution is 2.45. The maximum absolute atomic E-state index is 12.6. The average Bonchev–Trinajstić information content (AvgIpc) is 3.23. The van der Waals surface area contributed by atoms with Crippen molar-refractivity contribution >= 4 is 46.7 Å². The number of carbonyl (C=O) groups excluding carboxylic acids is 2. The molecule has 2 heterocycles. The summed E-state index contributed by atoms with van der Waals surface area (Å²) in [6.45, 7) is 2.04. The van der Waals surface area contributed by atoms with Crippen LogP contribution in [0.3, 0.4) is 0 Å². The number of hydrogen-bond acceptors (Lipinski definition) is 6. The third-order valence-electron chi connectivity index (χ3n) is 6.22. The fourth-order valence-electron chi connectivity index (χ4n) is 3.99. The zero-order chi connectivity index (χ0) is 25.6. The number of benzene rings is 2. The first kappa shape index (κ1) is 23.9. The molecule has 0 saturated heterocycles. The van der Waals surface area contributed by atoms with Crippen LogP contribution < -0.4 is 16.8 Å². The Morgan fingerprint density at radius 2 is 1.86 bits per heavy atom. The van der Waals surface area contributed by atoms with Crippen LogP contribution in [-0.2, 0) is 16.8 Å². The number of amides is 2. The van der Waals surface area contributed by atoms with Gasteiger partial charge in [0.15, 0.2) is 0 Å². The molecular formula is C25H22Cl2N6O3. The van der Waals surface area contributed by atoms with Gasteiger partial charge in [-0.15, -0.1) is 0 Å². The maximum Gasteiger partial charge on any atom is 0.254 e. The number of nitrogens with one attached hydrogen (secondary N) is 1. The molecule has 36 heavy (non-hydrogen) atoms. The Kier molecular flexibility index (Phi) is 5.97. The first-order valence-electron chi connectivity index (χ1n) is 11.1. The van der Waals surface area contributed by atoms with Crippen LogP contribution in [0, 0.1) is 0 Å². The molecule has 0 bridgehead atoms. The molecule has 9 nitrogen and oxygen atoms in total. The van der Waals surface area contributed by atoms with E-state index in [1.165, 1.54) is 0 Å². The molecule has 2 amide bonds. The van der Waals surface area contributed by atoms with Crippen molar-refractivity contribution in [1.29, 1.82) is 0 Å². The van der Waals surface area contributed by atoms with Gasteiger partial charge in [-0.25, -0.2) is 4.68 Å². The topological polar surface area (TPSA) is 142 Å². The number of halogens is 2. The van der Waals surface area contributed by atoms with Crippen molar-refractivity contribution in [3.8, 4) is 22.5 Å². The second-order valence-electron chi connectivity index (χ2n) is 9.00.